The number of unbranched alkanes of at least 4 members (excludes halogenated alkanes) is 2. The van der Waals surface area contributed by atoms with Crippen molar-refractivity contribution in [1.82, 2.24) is 9.88 Å². The number of aromatic nitrogens is 1. The van der Waals surface area contributed by atoms with Crippen molar-refractivity contribution in [1.29, 1.82) is 0 Å². The molecule has 0 atom stereocenters. The number of rotatable bonds is 9. The number of benzene rings is 1. The summed E-state index contributed by atoms with van der Waals surface area (Å²) < 4.78 is 5.70. The summed E-state index contributed by atoms with van der Waals surface area (Å²) >= 11 is 1.60. The molecule has 0 radical (unpaired) electrons. The summed E-state index contributed by atoms with van der Waals surface area (Å²) in [6, 6.07) is 7.33. The van der Waals surface area contributed by atoms with E-state index in [1.54, 1.807) is 23.5 Å². The maximum Gasteiger partial charge on any atom is 0.257 e. The van der Waals surface area contributed by atoms with Gasteiger partial charge in [0.05, 0.1) is 12.3 Å². The van der Waals surface area contributed by atoms with E-state index in [9.17, 15) is 4.79 Å². The van der Waals surface area contributed by atoms with Gasteiger partial charge >= 0.3 is 0 Å². The lowest BCUT2D eigenvalue weighted by molar-refractivity contribution is 0.102. The third-order valence-corrected chi connectivity index (χ3v) is 5.70. The Bertz CT molecular complexity index is 742. The van der Waals surface area contributed by atoms with E-state index in [1.165, 1.54) is 17.7 Å². The third-order valence-electron chi connectivity index (χ3n) is 4.70. The minimum Gasteiger partial charge on any atom is -0.494 e. The van der Waals surface area contributed by atoms with E-state index in [0.29, 0.717) is 10.7 Å². The van der Waals surface area contributed by atoms with Gasteiger partial charge in [0.1, 0.15) is 5.75 Å². The molecule has 2 heterocycles. The quantitative estimate of drug-likeness (QED) is 0.632. The summed E-state index contributed by atoms with van der Waals surface area (Å²) in [6.07, 6.45) is 5.54. The van der Waals surface area contributed by atoms with Crippen LogP contribution in [0.2, 0.25) is 0 Å². The summed E-state index contributed by atoms with van der Waals surface area (Å²) in [4.78, 5) is 20.9. The first-order chi connectivity index (χ1) is 13.2. The zero-order valence-corrected chi connectivity index (χ0v) is 17.1. The van der Waals surface area contributed by atoms with Crippen molar-refractivity contribution in [2.45, 2.75) is 52.5 Å². The van der Waals surface area contributed by atoms with Gasteiger partial charge in [-0.25, -0.2) is 4.98 Å². The first kappa shape index (κ1) is 19.8. The fourth-order valence-corrected chi connectivity index (χ4v) is 4.27. The van der Waals surface area contributed by atoms with Crippen LogP contribution in [0.5, 0.6) is 5.75 Å². The zero-order valence-electron chi connectivity index (χ0n) is 16.3. The van der Waals surface area contributed by atoms with Gasteiger partial charge in [-0.2, -0.15) is 0 Å². The van der Waals surface area contributed by atoms with Crippen LogP contribution in [0.3, 0.4) is 0 Å². The van der Waals surface area contributed by atoms with Gasteiger partial charge in [-0.1, -0.05) is 26.7 Å². The lowest BCUT2D eigenvalue weighted by Crippen LogP contribution is -2.30. The zero-order chi connectivity index (χ0) is 19.1. The topological polar surface area (TPSA) is 54.5 Å². The number of hydrogen-bond donors (Lipinski definition) is 1. The highest BCUT2D eigenvalue weighted by molar-refractivity contribution is 7.15. The van der Waals surface area contributed by atoms with Gasteiger partial charge in [0, 0.05) is 30.0 Å². The number of ether oxygens (including phenoxy) is 1. The van der Waals surface area contributed by atoms with Crippen LogP contribution in [0.25, 0.3) is 0 Å². The lowest BCUT2D eigenvalue weighted by atomic mass is 10.2. The molecule has 27 heavy (non-hydrogen) atoms. The predicted molar refractivity (Wildman–Crippen MR) is 111 cm³/mol. The Kier molecular flexibility index (Phi) is 7.24. The molecule has 1 amide bonds. The van der Waals surface area contributed by atoms with Gasteiger partial charge in [0.15, 0.2) is 5.13 Å². The summed E-state index contributed by atoms with van der Waals surface area (Å²) in [5.41, 5.74) is 1.76. The molecule has 0 saturated heterocycles. The average molecular weight is 388 g/mol. The van der Waals surface area contributed by atoms with Gasteiger partial charge in [-0.15, -0.1) is 11.3 Å². The highest BCUT2D eigenvalue weighted by atomic mass is 32.1. The Hall–Kier alpha value is -1.92. The van der Waals surface area contributed by atoms with Crippen molar-refractivity contribution in [2.24, 2.45) is 0 Å². The van der Waals surface area contributed by atoms with Crippen LogP contribution in [0.15, 0.2) is 24.3 Å². The molecule has 3 rings (SSSR count). The minimum absolute atomic E-state index is 0.121. The number of thiazole rings is 1. The Labute approximate surface area is 165 Å². The largest absolute Gasteiger partial charge is 0.494 e. The van der Waals surface area contributed by atoms with E-state index in [0.717, 1.165) is 56.9 Å². The summed E-state index contributed by atoms with van der Waals surface area (Å²) in [5.74, 6) is 0.687. The Morgan fingerprint density at radius 3 is 2.78 bits per heavy atom. The van der Waals surface area contributed by atoms with E-state index >= 15 is 0 Å². The molecule has 1 aliphatic rings. The second-order valence-electron chi connectivity index (χ2n) is 6.95. The Morgan fingerprint density at radius 1 is 1.22 bits per heavy atom. The highest BCUT2D eigenvalue weighted by Gasteiger charge is 2.21. The fraction of sp³-hybridized carbons (Fsp3) is 0.524. The van der Waals surface area contributed by atoms with Crippen molar-refractivity contribution in [3.63, 3.8) is 0 Å². The molecule has 0 unspecified atom stereocenters. The molecule has 0 spiro atoms. The van der Waals surface area contributed by atoms with Crippen LogP contribution in [0.4, 0.5) is 5.13 Å². The molecule has 0 fully saturated rings. The van der Waals surface area contributed by atoms with Gasteiger partial charge in [0.2, 0.25) is 0 Å². The van der Waals surface area contributed by atoms with E-state index in [-0.39, 0.29) is 5.91 Å². The smallest absolute Gasteiger partial charge is 0.257 e. The first-order valence-corrected chi connectivity index (χ1v) is 10.8. The predicted octanol–water partition coefficient (Wildman–Crippen LogP) is 4.73. The van der Waals surface area contributed by atoms with Crippen LogP contribution in [-0.2, 0) is 13.0 Å². The number of nitrogens with zero attached hydrogens (tertiary/aromatic N) is 2. The van der Waals surface area contributed by atoms with E-state index in [4.69, 9.17) is 4.74 Å². The number of hydrogen-bond acceptors (Lipinski definition) is 5. The van der Waals surface area contributed by atoms with Crippen molar-refractivity contribution in [3.8, 4) is 5.75 Å². The molecule has 146 valence electrons. The monoisotopic (exact) mass is 387 g/mol. The molecule has 0 saturated carbocycles. The Balaban J connectivity index is 1.55. The first-order valence-electron chi connectivity index (χ1n) is 9.94. The molecule has 6 heteroatoms. The molecule has 1 N–H and O–H groups in total. The molecule has 1 aliphatic heterocycles. The maximum absolute atomic E-state index is 12.5. The standard InChI is InChI=1S/C21H29N3O2S/c1-3-5-6-14-26-17-9-7-16(8-10-17)20(25)23-21-22-18-11-13-24(12-4-2)15-19(18)27-21/h7-10H,3-6,11-15H2,1-2H3,(H,22,23,25). The number of nitrogens with one attached hydrogen (secondary N) is 1. The number of anilines is 1. The van der Waals surface area contributed by atoms with Crippen LogP contribution < -0.4 is 10.1 Å². The van der Waals surface area contributed by atoms with Gasteiger partial charge in [-0.05, 0) is 43.7 Å². The molecule has 0 aliphatic carbocycles. The second-order valence-corrected chi connectivity index (χ2v) is 8.03. The van der Waals surface area contributed by atoms with E-state index in [2.05, 4.69) is 29.0 Å². The van der Waals surface area contributed by atoms with Gasteiger partial charge in [0.25, 0.3) is 5.91 Å². The van der Waals surface area contributed by atoms with Crippen molar-refractivity contribution < 1.29 is 9.53 Å². The number of fused-ring (bicyclic) bond motifs is 1. The number of carbonyl (C=O) groups excluding carboxylic acids is 1. The fourth-order valence-electron chi connectivity index (χ4n) is 3.22. The molecular formula is C21H29N3O2S. The molecular weight excluding hydrogens is 358 g/mol. The summed E-state index contributed by atoms with van der Waals surface area (Å²) in [5, 5.41) is 3.65. The maximum atomic E-state index is 12.5. The van der Waals surface area contributed by atoms with Crippen LogP contribution in [0.1, 0.15) is 60.5 Å². The van der Waals surface area contributed by atoms with Gasteiger partial charge < -0.3 is 4.74 Å². The van der Waals surface area contributed by atoms with E-state index in [1.807, 2.05) is 12.1 Å². The lowest BCUT2D eigenvalue weighted by Gasteiger charge is -2.24. The van der Waals surface area contributed by atoms with Crippen molar-refractivity contribution >= 4 is 22.4 Å². The van der Waals surface area contributed by atoms with Crippen molar-refractivity contribution in [3.05, 3.63) is 40.4 Å². The normalized spacial score (nSPS) is 14.0. The number of carbonyl (C=O) groups is 1. The van der Waals surface area contributed by atoms with E-state index < -0.39 is 0 Å². The highest BCUT2D eigenvalue weighted by Crippen LogP contribution is 2.28. The molecule has 1 aromatic heterocycles. The SMILES string of the molecule is CCCCCOc1ccc(C(=O)Nc2nc3c(s2)CN(CCC)CC3)cc1. The van der Waals surface area contributed by atoms with Crippen molar-refractivity contribution in [2.75, 3.05) is 25.0 Å². The second kappa shape index (κ2) is 9.85. The van der Waals surface area contributed by atoms with Gasteiger partial charge in [-0.3, -0.25) is 15.0 Å². The molecule has 2 aromatic rings. The average Bonchev–Trinajstić information content (AvgIpc) is 3.07. The molecule has 0 bridgehead atoms. The van der Waals surface area contributed by atoms with Crippen LogP contribution in [-0.4, -0.2) is 35.5 Å². The Morgan fingerprint density at radius 2 is 2.04 bits per heavy atom. The molecule has 1 aromatic carbocycles. The summed E-state index contributed by atoms with van der Waals surface area (Å²) in [6.45, 7) is 8.21. The van der Waals surface area contributed by atoms with Crippen LogP contribution >= 0.6 is 11.3 Å². The summed E-state index contributed by atoms with van der Waals surface area (Å²) in [7, 11) is 0. The van der Waals surface area contributed by atoms with Crippen LogP contribution in [0, 0.1) is 0 Å². The minimum atomic E-state index is -0.121. The molecule has 5 nitrogen and oxygen atoms in total. The number of amides is 1. The third kappa shape index (κ3) is 5.53.